The van der Waals surface area contributed by atoms with Crippen LogP contribution in [0.2, 0.25) is 0 Å². The zero-order chi connectivity index (χ0) is 18.0. The van der Waals surface area contributed by atoms with E-state index in [0.717, 1.165) is 14.2 Å². The smallest absolute Gasteiger partial charge is 0.335 e. The van der Waals surface area contributed by atoms with Crippen molar-refractivity contribution in [3.8, 4) is 0 Å². The van der Waals surface area contributed by atoms with E-state index in [2.05, 4.69) is 9.47 Å². The number of esters is 2. The van der Waals surface area contributed by atoms with E-state index in [9.17, 15) is 18.9 Å². The minimum atomic E-state index is -3.89. The van der Waals surface area contributed by atoms with E-state index >= 15 is 0 Å². The van der Waals surface area contributed by atoms with Crippen LogP contribution in [0.1, 0.15) is 20.3 Å². The summed E-state index contributed by atoms with van der Waals surface area (Å²) >= 11 is 0. The van der Waals surface area contributed by atoms with Crippen LogP contribution in [0.15, 0.2) is 0 Å². The molecule has 0 heterocycles. The van der Waals surface area contributed by atoms with Crippen molar-refractivity contribution >= 4 is 25.9 Å². The lowest BCUT2D eigenvalue weighted by molar-refractivity contribution is -0.150. The van der Waals surface area contributed by atoms with Gasteiger partial charge in [-0.2, -0.15) is 0 Å². The zero-order valence-corrected chi connectivity index (χ0v) is 14.4. The molecule has 0 aliphatic heterocycles. The van der Waals surface area contributed by atoms with E-state index < -0.39 is 31.7 Å². The van der Waals surface area contributed by atoms with Gasteiger partial charge in [0.2, 0.25) is 6.41 Å². The Morgan fingerprint density at radius 3 is 1.91 bits per heavy atom. The molecule has 0 aromatic heterocycles. The lowest BCUT2D eigenvalue weighted by atomic mass is 10.4. The van der Waals surface area contributed by atoms with E-state index in [1.54, 1.807) is 0 Å². The van der Waals surface area contributed by atoms with Crippen LogP contribution < -0.4 is 0 Å². The average Bonchev–Trinajstić information content (AvgIpc) is 2.52. The van der Waals surface area contributed by atoms with Gasteiger partial charge in [0.25, 0.3) is 0 Å². The molecular formula is C12H22NO9P. The maximum atomic E-state index is 12.7. The van der Waals surface area contributed by atoms with Crippen LogP contribution in [0.4, 0.5) is 0 Å². The van der Waals surface area contributed by atoms with Gasteiger partial charge in [0.15, 0.2) is 12.2 Å². The third-order valence-electron chi connectivity index (χ3n) is 2.64. The topological polar surface area (TPSA) is 129 Å². The van der Waals surface area contributed by atoms with Crippen molar-refractivity contribution in [1.29, 1.82) is 0 Å². The summed E-state index contributed by atoms with van der Waals surface area (Å²) in [6.07, 6.45) is -2.38. The molecule has 11 heteroatoms. The molecule has 0 aromatic rings. The standard InChI is InChI=1S/C12H22NO9P/c1-9(11(15)19-3)21-23(18,7-5-6-13(17)8-14)22-10(2)12(16)20-4/h8-10,17H,5-7H2,1-4H3. The predicted octanol–water partition coefficient (Wildman–Crippen LogP) is 0.573. The Bertz CT molecular complexity index is 428. The van der Waals surface area contributed by atoms with Crippen LogP contribution in [0.25, 0.3) is 0 Å². The van der Waals surface area contributed by atoms with E-state index in [1.165, 1.54) is 13.8 Å². The van der Waals surface area contributed by atoms with E-state index in [-0.39, 0.29) is 25.5 Å². The van der Waals surface area contributed by atoms with Crippen LogP contribution >= 0.6 is 7.60 Å². The van der Waals surface area contributed by atoms with Crippen molar-refractivity contribution in [2.24, 2.45) is 0 Å². The quantitative estimate of drug-likeness (QED) is 0.186. The SMILES string of the molecule is COC(=O)C(C)OP(=O)(CCCN(O)C=O)OC(C)C(=O)OC. The number of methoxy groups -OCH3 is 2. The molecule has 134 valence electrons. The van der Waals surface area contributed by atoms with Crippen molar-refractivity contribution in [3.05, 3.63) is 0 Å². The monoisotopic (exact) mass is 355 g/mol. The van der Waals surface area contributed by atoms with Gasteiger partial charge in [0.1, 0.15) is 0 Å². The van der Waals surface area contributed by atoms with Crippen LogP contribution in [0.5, 0.6) is 0 Å². The summed E-state index contributed by atoms with van der Waals surface area (Å²) in [4.78, 5) is 33.1. The van der Waals surface area contributed by atoms with Crippen LogP contribution in [-0.2, 0) is 37.5 Å². The molecule has 1 amide bonds. The molecule has 0 radical (unpaired) electrons. The highest BCUT2D eigenvalue weighted by Gasteiger charge is 2.34. The molecule has 2 atom stereocenters. The van der Waals surface area contributed by atoms with Crippen LogP contribution in [0.3, 0.4) is 0 Å². The Hall–Kier alpha value is -1.48. The number of nitrogens with zero attached hydrogens (tertiary/aromatic N) is 1. The van der Waals surface area contributed by atoms with E-state index in [1.807, 2.05) is 0 Å². The van der Waals surface area contributed by atoms with Gasteiger partial charge in [0, 0.05) is 6.54 Å². The fourth-order valence-electron chi connectivity index (χ4n) is 1.51. The highest BCUT2D eigenvalue weighted by Crippen LogP contribution is 2.51. The van der Waals surface area contributed by atoms with Crippen molar-refractivity contribution in [3.63, 3.8) is 0 Å². The van der Waals surface area contributed by atoms with Gasteiger partial charge in [-0.05, 0) is 20.3 Å². The molecule has 0 saturated carbocycles. The molecule has 2 unspecified atom stereocenters. The lowest BCUT2D eigenvalue weighted by Gasteiger charge is -2.24. The number of carbonyl (C=O) groups excluding carboxylic acids is 3. The summed E-state index contributed by atoms with van der Waals surface area (Å²) in [7, 11) is -1.61. The van der Waals surface area contributed by atoms with Crippen LogP contribution in [-0.4, -0.2) is 67.8 Å². The Morgan fingerprint density at radius 2 is 1.57 bits per heavy atom. The lowest BCUT2D eigenvalue weighted by Crippen LogP contribution is -2.27. The largest absolute Gasteiger partial charge is 0.467 e. The third-order valence-corrected chi connectivity index (χ3v) is 4.78. The van der Waals surface area contributed by atoms with Gasteiger partial charge < -0.3 is 9.47 Å². The summed E-state index contributed by atoms with van der Waals surface area (Å²) in [5, 5.41) is 9.38. The number of carbonyl (C=O) groups is 3. The number of ether oxygens (including phenoxy) is 2. The summed E-state index contributed by atoms with van der Waals surface area (Å²) in [5.41, 5.74) is 0. The second kappa shape index (κ2) is 10.3. The molecule has 10 nitrogen and oxygen atoms in total. The average molecular weight is 355 g/mol. The normalized spacial score (nSPS) is 15.9. The van der Waals surface area contributed by atoms with Crippen molar-refractivity contribution in [2.75, 3.05) is 26.9 Å². The Labute approximate surface area is 134 Å². The first kappa shape index (κ1) is 21.5. The molecule has 23 heavy (non-hydrogen) atoms. The first-order chi connectivity index (χ1) is 10.7. The fraction of sp³-hybridized carbons (Fsp3) is 0.750. The molecule has 0 rings (SSSR count). The van der Waals surface area contributed by atoms with Crippen molar-refractivity contribution in [2.45, 2.75) is 32.5 Å². The first-order valence-corrected chi connectivity index (χ1v) is 8.44. The van der Waals surface area contributed by atoms with Crippen LogP contribution in [0, 0.1) is 0 Å². The number of hydrogen-bond acceptors (Lipinski definition) is 9. The van der Waals surface area contributed by atoms with Crippen molar-refractivity contribution in [1.82, 2.24) is 5.06 Å². The van der Waals surface area contributed by atoms with E-state index in [0.29, 0.717) is 5.06 Å². The van der Waals surface area contributed by atoms with Gasteiger partial charge in [-0.15, -0.1) is 0 Å². The molecule has 0 fully saturated rings. The minimum Gasteiger partial charge on any atom is -0.467 e. The Balaban J connectivity index is 4.95. The highest BCUT2D eigenvalue weighted by molar-refractivity contribution is 7.53. The zero-order valence-electron chi connectivity index (χ0n) is 13.5. The second-order valence-electron chi connectivity index (χ2n) is 4.50. The van der Waals surface area contributed by atoms with Gasteiger partial charge in [-0.1, -0.05) is 0 Å². The molecule has 0 aromatic carbocycles. The molecule has 0 spiro atoms. The summed E-state index contributed by atoms with van der Waals surface area (Å²) < 4.78 is 31.9. The van der Waals surface area contributed by atoms with Gasteiger partial charge in [0.05, 0.1) is 20.4 Å². The number of amides is 1. The van der Waals surface area contributed by atoms with Gasteiger partial charge in [-0.25, -0.2) is 14.7 Å². The molecule has 0 bridgehead atoms. The maximum absolute atomic E-state index is 12.7. The Morgan fingerprint density at radius 1 is 1.13 bits per heavy atom. The van der Waals surface area contributed by atoms with E-state index in [4.69, 9.17) is 14.3 Å². The molecule has 0 aliphatic carbocycles. The van der Waals surface area contributed by atoms with Gasteiger partial charge in [-0.3, -0.25) is 23.6 Å². The maximum Gasteiger partial charge on any atom is 0.335 e. The fourth-order valence-corrected chi connectivity index (χ4v) is 3.43. The molecular weight excluding hydrogens is 333 g/mol. The molecule has 0 aliphatic rings. The summed E-state index contributed by atoms with van der Waals surface area (Å²) in [6.45, 7) is 2.50. The molecule has 1 N–H and O–H groups in total. The predicted molar refractivity (Wildman–Crippen MR) is 76.8 cm³/mol. The first-order valence-electron chi connectivity index (χ1n) is 6.71. The number of hydroxylamine groups is 2. The minimum absolute atomic E-state index is 0.0499. The second-order valence-corrected chi connectivity index (χ2v) is 6.59. The molecule has 0 saturated heterocycles. The third kappa shape index (κ3) is 8.08. The highest BCUT2D eigenvalue weighted by atomic mass is 31.2. The van der Waals surface area contributed by atoms with Gasteiger partial charge >= 0.3 is 19.5 Å². The van der Waals surface area contributed by atoms with Crippen molar-refractivity contribution < 1.29 is 42.7 Å². The number of hydrogen-bond donors (Lipinski definition) is 1. The Kier molecular flexibility index (Phi) is 9.66. The summed E-state index contributed by atoms with van der Waals surface area (Å²) in [6, 6.07) is 0. The summed E-state index contributed by atoms with van der Waals surface area (Å²) in [5.74, 6) is -1.53. The number of rotatable bonds is 11.